The Balaban J connectivity index is 0.00000294. The molecule has 0 radical (unpaired) electrons. The van der Waals surface area contributed by atoms with E-state index in [1.54, 1.807) is 0 Å². The Kier molecular flexibility index (Phi) is 12.6. The normalized spacial score (nSPS) is 14.2. The number of aromatic nitrogens is 1. The molecular formula is C33H46F6N8. The highest BCUT2D eigenvalue weighted by Gasteiger charge is 2.37. The van der Waals surface area contributed by atoms with E-state index in [-0.39, 0.29) is 24.1 Å². The summed E-state index contributed by atoms with van der Waals surface area (Å²) >= 11 is 0. The fourth-order valence-electron chi connectivity index (χ4n) is 5.71. The molecule has 47 heavy (non-hydrogen) atoms. The van der Waals surface area contributed by atoms with E-state index in [0.717, 1.165) is 53.9 Å². The SMILES string of the molecule is CC.CCN(CC1CCCC1)c1nc2cc(N(C)C)ccc2cc1CN(Cc1cc(C(F)(F)F)cc(C(F)(F)F)c1)/C(N)=N/N(C)N. The van der Waals surface area contributed by atoms with E-state index in [2.05, 4.69) is 10.0 Å². The third-order valence-electron chi connectivity index (χ3n) is 7.97. The van der Waals surface area contributed by atoms with Gasteiger partial charge in [-0.05, 0) is 67.6 Å². The zero-order valence-electron chi connectivity index (χ0n) is 27.9. The van der Waals surface area contributed by atoms with E-state index in [1.807, 2.05) is 64.0 Å². The van der Waals surface area contributed by atoms with Crippen LogP contribution < -0.4 is 21.4 Å². The summed E-state index contributed by atoms with van der Waals surface area (Å²) in [5, 5.41) is 5.78. The largest absolute Gasteiger partial charge is 0.416 e. The second-order valence-electron chi connectivity index (χ2n) is 11.7. The monoisotopic (exact) mass is 668 g/mol. The highest BCUT2D eigenvalue weighted by molar-refractivity contribution is 5.85. The average Bonchev–Trinajstić information content (AvgIpc) is 3.52. The Labute approximate surface area is 273 Å². The van der Waals surface area contributed by atoms with Crippen molar-refractivity contribution < 1.29 is 26.3 Å². The van der Waals surface area contributed by atoms with E-state index in [9.17, 15) is 26.3 Å². The topological polar surface area (TPSA) is 90.2 Å². The standard InChI is InChI=1S/C31H40F6N8.C2H6/c1-5-44(17-20-8-6-7-9-20)28-23(14-22-10-11-26(42(2)3)16-27(22)40-28)19-45(29(38)41-43(4)39)18-21-12-24(30(32,33)34)15-25(13-21)31(35,36)37;1-2/h10-16,20H,5-9,17-19,39H2,1-4H3,(H2,38,41);1-2H3. The maximum atomic E-state index is 13.7. The minimum absolute atomic E-state index is 0.00432. The summed E-state index contributed by atoms with van der Waals surface area (Å²) < 4.78 is 81.9. The molecule has 3 aromatic rings. The van der Waals surface area contributed by atoms with Crippen LogP contribution in [0.15, 0.2) is 47.6 Å². The average molecular weight is 669 g/mol. The van der Waals surface area contributed by atoms with Crippen LogP contribution in [0.3, 0.4) is 0 Å². The van der Waals surface area contributed by atoms with Gasteiger partial charge >= 0.3 is 12.4 Å². The zero-order chi connectivity index (χ0) is 35.1. The molecule has 0 amide bonds. The molecule has 14 heteroatoms. The van der Waals surface area contributed by atoms with Crippen LogP contribution in [0.5, 0.6) is 0 Å². The first-order chi connectivity index (χ1) is 22.0. The van der Waals surface area contributed by atoms with Crippen molar-refractivity contribution >= 4 is 28.4 Å². The first-order valence-corrected chi connectivity index (χ1v) is 15.8. The summed E-state index contributed by atoms with van der Waals surface area (Å²) in [4.78, 5) is 10.6. The molecule has 0 atom stereocenters. The number of benzene rings is 2. The van der Waals surface area contributed by atoms with Gasteiger partial charge in [-0.15, -0.1) is 5.10 Å². The summed E-state index contributed by atoms with van der Waals surface area (Å²) in [5.41, 5.74) is 5.65. The molecule has 4 rings (SSSR count). The van der Waals surface area contributed by atoms with Crippen molar-refractivity contribution in [2.24, 2.45) is 22.6 Å². The molecule has 0 spiro atoms. The van der Waals surface area contributed by atoms with Crippen LogP contribution in [-0.4, -0.2) is 55.2 Å². The molecule has 1 heterocycles. The van der Waals surface area contributed by atoms with Crippen molar-refractivity contribution in [3.63, 3.8) is 0 Å². The number of hydrogen-bond donors (Lipinski definition) is 2. The molecule has 2 aromatic carbocycles. The van der Waals surface area contributed by atoms with Gasteiger partial charge in [0.05, 0.1) is 16.6 Å². The summed E-state index contributed by atoms with van der Waals surface area (Å²) in [5.74, 6) is 6.68. The lowest BCUT2D eigenvalue weighted by Crippen LogP contribution is -2.40. The number of guanidine groups is 1. The second-order valence-corrected chi connectivity index (χ2v) is 11.7. The molecule has 1 aromatic heterocycles. The maximum absolute atomic E-state index is 13.7. The van der Waals surface area contributed by atoms with Gasteiger partial charge in [0.1, 0.15) is 5.82 Å². The number of alkyl halides is 6. The number of nitrogens with two attached hydrogens (primary N) is 2. The van der Waals surface area contributed by atoms with Crippen molar-refractivity contribution in [2.45, 2.75) is 71.9 Å². The van der Waals surface area contributed by atoms with Gasteiger partial charge in [0, 0.05) is 64.0 Å². The van der Waals surface area contributed by atoms with Crippen molar-refractivity contribution in [3.8, 4) is 0 Å². The van der Waals surface area contributed by atoms with Gasteiger partial charge in [-0.1, -0.05) is 32.8 Å². The Morgan fingerprint density at radius 1 is 0.894 bits per heavy atom. The molecule has 260 valence electrons. The molecular weight excluding hydrogens is 622 g/mol. The molecule has 1 aliphatic rings. The second kappa shape index (κ2) is 15.8. The van der Waals surface area contributed by atoms with Crippen LogP contribution in [-0.2, 0) is 25.4 Å². The van der Waals surface area contributed by atoms with E-state index in [4.69, 9.17) is 16.6 Å². The molecule has 1 saturated carbocycles. The predicted octanol–water partition coefficient (Wildman–Crippen LogP) is 7.42. The van der Waals surface area contributed by atoms with Gasteiger partial charge in [-0.25, -0.2) is 15.9 Å². The fraction of sp³-hybridized carbons (Fsp3) is 0.515. The number of pyridine rings is 1. The van der Waals surface area contributed by atoms with Gasteiger partial charge < -0.3 is 20.4 Å². The van der Waals surface area contributed by atoms with Crippen molar-refractivity contribution in [2.75, 3.05) is 44.0 Å². The summed E-state index contributed by atoms with van der Waals surface area (Å²) in [6.45, 7) is 7.04. The zero-order valence-corrected chi connectivity index (χ0v) is 27.9. The fourth-order valence-corrected chi connectivity index (χ4v) is 5.71. The smallest absolute Gasteiger partial charge is 0.378 e. The Morgan fingerprint density at radius 2 is 1.49 bits per heavy atom. The number of hydrazone groups is 1. The number of nitrogens with zero attached hydrogens (tertiary/aromatic N) is 6. The van der Waals surface area contributed by atoms with Crippen LogP contribution in [0.2, 0.25) is 0 Å². The lowest BCUT2D eigenvalue weighted by molar-refractivity contribution is -0.143. The number of hydrogen-bond acceptors (Lipinski definition) is 6. The van der Waals surface area contributed by atoms with Crippen LogP contribution in [0, 0.1) is 5.92 Å². The Hall–Kier alpha value is -3.94. The number of hydrazine groups is 1. The number of halogens is 6. The van der Waals surface area contributed by atoms with Gasteiger partial charge in [-0.3, -0.25) is 0 Å². The van der Waals surface area contributed by atoms with Crippen molar-refractivity contribution in [1.29, 1.82) is 0 Å². The summed E-state index contributed by atoms with van der Waals surface area (Å²) in [6.07, 6.45) is -5.43. The number of fused-ring (bicyclic) bond motifs is 1. The van der Waals surface area contributed by atoms with Gasteiger partial charge in [-0.2, -0.15) is 26.3 Å². The summed E-state index contributed by atoms with van der Waals surface area (Å²) in [7, 11) is 5.27. The van der Waals surface area contributed by atoms with Crippen LogP contribution in [0.1, 0.15) is 68.7 Å². The van der Waals surface area contributed by atoms with E-state index in [1.165, 1.54) is 11.9 Å². The first kappa shape index (κ1) is 37.5. The van der Waals surface area contributed by atoms with Crippen molar-refractivity contribution in [3.05, 3.63) is 64.7 Å². The molecule has 1 aliphatic carbocycles. The first-order valence-electron chi connectivity index (χ1n) is 15.8. The Bertz CT molecular complexity index is 1460. The van der Waals surface area contributed by atoms with Gasteiger partial charge in [0.15, 0.2) is 0 Å². The molecule has 0 bridgehead atoms. The summed E-state index contributed by atoms with van der Waals surface area (Å²) in [6, 6.07) is 9.29. The maximum Gasteiger partial charge on any atom is 0.416 e. The molecule has 1 fully saturated rings. The van der Waals surface area contributed by atoms with Crippen molar-refractivity contribution in [1.82, 2.24) is 15.0 Å². The third-order valence-corrected chi connectivity index (χ3v) is 7.97. The van der Waals surface area contributed by atoms with Gasteiger partial charge in [0.25, 0.3) is 0 Å². The number of anilines is 2. The van der Waals surface area contributed by atoms with E-state index < -0.39 is 30.0 Å². The highest BCUT2D eigenvalue weighted by Crippen LogP contribution is 2.37. The van der Waals surface area contributed by atoms with Crippen LogP contribution in [0.4, 0.5) is 37.8 Å². The third kappa shape index (κ3) is 10.0. The van der Waals surface area contributed by atoms with Gasteiger partial charge in [0.2, 0.25) is 5.96 Å². The molecule has 0 aliphatic heterocycles. The van der Waals surface area contributed by atoms with Crippen LogP contribution in [0.25, 0.3) is 10.9 Å². The Morgan fingerprint density at radius 3 is 2.00 bits per heavy atom. The quantitative estimate of drug-likeness (QED) is 0.0764. The minimum Gasteiger partial charge on any atom is -0.378 e. The van der Waals surface area contributed by atoms with E-state index >= 15 is 0 Å². The lowest BCUT2D eigenvalue weighted by atomic mass is 10.0. The lowest BCUT2D eigenvalue weighted by Gasteiger charge is -2.31. The highest BCUT2D eigenvalue weighted by atomic mass is 19.4. The molecule has 4 N–H and O–H groups in total. The predicted molar refractivity (Wildman–Crippen MR) is 177 cm³/mol. The number of rotatable bonds is 10. The minimum atomic E-state index is -4.99. The molecule has 8 nitrogen and oxygen atoms in total. The van der Waals surface area contributed by atoms with E-state index in [0.29, 0.717) is 36.0 Å². The molecule has 0 unspecified atom stereocenters. The van der Waals surface area contributed by atoms with Crippen LogP contribution >= 0.6 is 0 Å². The molecule has 0 saturated heterocycles.